The van der Waals surface area contributed by atoms with Crippen molar-refractivity contribution in [3.8, 4) is 0 Å². The molecule has 3 aliphatic heterocycles. The molecule has 0 aliphatic carbocycles. The zero-order valence-electron chi connectivity index (χ0n) is 18.3. The van der Waals surface area contributed by atoms with Crippen molar-refractivity contribution in [3.63, 3.8) is 0 Å². The fourth-order valence-corrected chi connectivity index (χ4v) is 5.25. The van der Waals surface area contributed by atoms with Crippen molar-refractivity contribution in [1.29, 1.82) is 0 Å². The van der Waals surface area contributed by atoms with Crippen LogP contribution < -0.4 is 15.2 Å². The number of amides is 1. The number of anilines is 3. The Morgan fingerprint density at radius 3 is 2.03 bits per heavy atom. The van der Waals surface area contributed by atoms with E-state index in [9.17, 15) is 4.79 Å². The van der Waals surface area contributed by atoms with Gasteiger partial charge in [0.15, 0.2) is 0 Å². The lowest BCUT2D eigenvalue weighted by molar-refractivity contribution is -0.128. The summed E-state index contributed by atoms with van der Waals surface area (Å²) >= 11 is 7.64. The van der Waals surface area contributed by atoms with Gasteiger partial charge < -0.3 is 19.3 Å². The summed E-state index contributed by atoms with van der Waals surface area (Å²) < 4.78 is 11.0. The van der Waals surface area contributed by atoms with E-state index in [2.05, 4.69) is 25.2 Å². The highest BCUT2D eigenvalue weighted by atomic mass is 35.5. The molecule has 3 aliphatic rings. The second kappa shape index (κ2) is 9.88. The van der Waals surface area contributed by atoms with Gasteiger partial charge in [0.1, 0.15) is 5.37 Å². The number of hydrogen-bond acceptors (Lipinski definition) is 10. The summed E-state index contributed by atoms with van der Waals surface area (Å²) in [5.41, 5.74) is 4.17. The molecule has 33 heavy (non-hydrogen) atoms. The fraction of sp³-hybridized carbons (Fsp3) is 0.524. The standard InChI is InChI=1S/C21H26ClN7O3S/c1-14-17(30)29(18(33-14)15-2-4-16(22)5-3-15)26-19-23-20(27-6-10-31-11-7-27)25-21(24-19)28-8-12-32-13-9-28/h2-5,14,18H,6-13H2,1H3,(H,23,24,25,26)/t14-,18+/m0/s1. The van der Waals surface area contributed by atoms with E-state index in [1.165, 1.54) is 0 Å². The molecule has 1 N–H and O–H groups in total. The van der Waals surface area contributed by atoms with E-state index in [-0.39, 0.29) is 16.5 Å². The van der Waals surface area contributed by atoms with E-state index in [1.807, 2.05) is 31.2 Å². The van der Waals surface area contributed by atoms with Crippen molar-refractivity contribution >= 4 is 47.1 Å². The minimum Gasteiger partial charge on any atom is -0.378 e. The molecule has 0 bridgehead atoms. The van der Waals surface area contributed by atoms with Crippen molar-refractivity contribution in [2.75, 3.05) is 67.8 Å². The molecule has 0 unspecified atom stereocenters. The van der Waals surface area contributed by atoms with Crippen LogP contribution in [0.3, 0.4) is 0 Å². The number of nitrogens with one attached hydrogen (secondary N) is 1. The quantitative estimate of drug-likeness (QED) is 0.670. The van der Waals surface area contributed by atoms with Crippen LogP contribution in [-0.2, 0) is 14.3 Å². The Kier molecular flexibility index (Phi) is 6.72. The molecule has 0 saturated carbocycles. The summed E-state index contributed by atoms with van der Waals surface area (Å²) in [6, 6.07) is 7.54. The van der Waals surface area contributed by atoms with Gasteiger partial charge in [0.25, 0.3) is 5.91 Å². The van der Waals surface area contributed by atoms with Crippen molar-refractivity contribution in [1.82, 2.24) is 20.0 Å². The van der Waals surface area contributed by atoms with E-state index in [1.54, 1.807) is 16.8 Å². The number of carbonyl (C=O) groups excluding carboxylic acids is 1. The van der Waals surface area contributed by atoms with Crippen molar-refractivity contribution in [3.05, 3.63) is 34.9 Å². The van der Waals surface area contributed by atoms with Gasteiger partial charge in [-0.25, -0.2) is 5.01 Å². The molecule has 176 valence electrons. The number of ether oxygens (including phenoxy) is 2. The van der Waals surface area contributed by atoms with Crippen LogP contribution in [-0.4, -0.2) is 83.7 Å². The number of hydrogen-bond donors (Lipinski definition) is 1. The summed E-state index contributed by atoms with van der Waals surface area (Å²) in [6.07, 6.45) is 0. The second-order valence-corrected chi connectivity index (χ2v) is 9.82. The first-order valence-corrected chi connectivity index (χ1v) is 12.3. The summed E-state index contributed by atoms with van der Waals surface area (Å²) in [5, 5.41) is 1.85. The zero-order chi connectivity index (χ0) is 22.8. The van der Waals surface area contributed by atoms with Crippen LogP contribution in [0.2, 0.25) is 5.02 Å². The van der Waals surface area contributed by atoms with Crippen LogP contribution in [0.4, 0.5) is 17.8 Å². The van der Waals surface area contributed by atoms with Crippen LogP contribution in [0.25, 0.3) is 0 Å². The zero-order valence-corrected chi connectivity index (χ0v) is 19.9. The number of aromatic nitrogens is 3. The first-order chi connectivity index (χ1) is 16.1. The van der Waals surface area contributed by atoms with E-state index >= 15 is 0 Å². The lowest BCUT2D eigenvalue weighted by Crippen LogP contribution is -2.41. The Morgan fingerprint density at radius 2 is 1.48 bits per heavy atom. The smallest absolute Gasteiger partial charge is 0.255 e. The van der Waals surface area contributed by atoms with Crippen molar-refractivity contribution in [2.45, 2.75) is 17.5 Å². The molecule has 5 rings (SSSR count). The SMILES string of the molecule is C[C@@H]1S[C@H](c2ccc(Cl)cc2)N(Nc2nc(N3CCOCC3)nc(N3CCOCC3)n2)C1=O. The average Bonchev–Trinajstić information content (AvgIpc) is 3.14. The van der Waals surface area contributed by atoms with Gasteiger partial charge in [0.05, 0.1) is 31.7 Å². The second-order valence-electron chi connectivity index (χ2n) is 7.96. The van der Waals surface area contributed by atoms with Gasteiger partial charge in [0.2, 0.25) is 17.8 Å². The molecule has 1 aromatic heterocycles. The minimum absolute atomic E-state index is 0.0267. The maximum Gasteiger partial charge on any atom is 0.255 e. The maximum atomic E-state index is 13.0. The normalized spacial score (nSPS) is 23.8. The third kappa shape index (κ3) is 4.96. The van der Waals surface area contributed by atoms with Crippen molar-refractivity contribution < 1.29 is 14.3 Å². The molecule has 12 heteroatoms. The third-order valence-corrected chi connectivity index (χ3v) is 7.33. The van der Waals surface area contributed by atoms with Crippen LogP contribution >= 0.6 is 23.4 Å². The summed E-state index contributed by atoms with van der Waals surface area (Å²) in [4.78, 5) is 31.3. The summed E-state index contributed by atoms with van der Waals surface area (Å²) in [5.74, 6) is 1.47. The number of halogens is 1. The van der Waals surface area contributed by atoms with Gasteiger partial charge in [-0.2, -0.15) is 15.0 Å². The average molecular weight is 492 g/mol. The Hall–Kier alpha value is -2.34. The van der Waals surface area contributed by atoms with Crippen LogP contribution in [0.1, 0.15) is 17.9 Å². The molecule has 2 atom stereocenters. The first-order valence-electron chi connectivity index (χ1n) is 11.0. The van der Waals surface area contributed by atoms with Gasteiger partial charge in [0, 0.05) is 31.2 Å². The van der Waals surface area contributed by atoms with Gasteiger partial charge >= 0.3 is 0 Å². The van der Waals surface area contributed by atoms with Crippen LogP contribution in [0.5, 0.6) is 0 Å². The Balaban J connectivity index is 1.46. The third-order valence-electron chi connectivity index (χ3n) is 5.73. The van der Waals surface area contributed by atoms with Gasteiger partial charge in [-0.05, 0) is 24.6 Å². The molecular formula is C21H26ClN7O3S. The van der Waals surface area contributed by atoms with Gasteiger partial charge in [-0.3, -0.25) is 10.2 Å². The number of thioether (sulfide) groups is 1. The monoisotopic (exact) mass is 491 g/mol. The van der Waals surface area contributed by atoms with E-state index in [0.717, 1.165) is 5.56 Å². The Morgan fingerprint density at radius 1 is 0.939 bits per heavy atom. The highest BCUT2D eigenvalue weighted by Crippen LogP contribution is 2.42. The van der Waals surface area contributed by atoms with E-state index < -0.39 is 0 Å². The number of nitrogens with zero attached hydrogens (tertiary/aromatic N) is 6. The highest BCUT2D eigenvalue weighted by molar-refractivity contribution is 8.01. The molecule has 1 amide bonds. The molecule has 3 saturated heterocycles. The topological polar surface area (TPSA) is 95.9 Å². The molecule has 4 heterocycles. The predicted octanol–water partition coefficient (Wildman–Crippen LogP) is 2.19. The number of carbonyl (C=O) groups is 1. The van der Waals surface area contributed by atoms with Crippen LogP contribution in [0, 0.1) is 0 Å². The molecular weight excluding hydrogens is 466 g/mol. The lowest BCUT2D eigenvalue weighted by atomic mass is 10.2. The number of benzene rings is 1. The molecule has 0 spiro atoms. The Bertz CT molecular complexity index is 950. The fourth-order valence-electron chi connectivity index (χ4n) is 3.91. The van der Waals surface area contributed by atoms with Crippen LogP contribution in [0.15, 0.2) is 24.3 Å². The number of hydrazine groups is 1. The number of rotatable bonds is 5. The van der Waals surface area contributed by atoms with Gasteiger partial charge in [-0.1, -0.05) is 23.7 Å². The Labute approximate surface area is 201 Å². The molecule has 10 nitrogen and oxygen atoms in total. The number of morpholine rings is 2. The van der Waals surface area contributed by atoms with E-state index in [4.69, 9.17) is 26.1 Å². The predicted molar refractivity (Wildman–Crippen MR) is 128 cm³/mol. The molecule has 0 radical (unpaired) electrons. The molecule has 3 fully saturated rings. The largest absolute Gasteiger partial charge is 0.378 e. The maximum absolute atomic E-state index is 13.0. The first kappa shape index (κ1) is 22.5. The lowest BCUT2D eigenvalue weighted by Gasteiger charge is -2.31. The summed E-state index contributed by atoms with van der Waals surface area (Å²) in [7, 11) is 0. The minimum atomic E-state index is -0.222. The molecule has 2 aromatic rings. The van der Waals surface area contributed by atoms with E-state index in [0.29, 0.717) is 75.5 Å². The summed E-state index contributed by atoms with van der Waals surface area (Å²) in [6.45, 7) is 7.21. The highest BCUT2D eigenvalue weighted by Gasteiger charge is 2.39. The van der Waals surface area contributed by atoms with Crippen molar-refractivity contribution in [2.24, 2.45) is 0 Å². The van der Waals surface area contributed by atoms with Gasteiger partial charge in [-0.15, -0.1) is 11.8 Å². The molecule has 1 aromatic carbocycles.